The van der Waals surface area contributed by atoms with Gasteiger partial charge in [0.15, 0.2) is 34.9 Å². The quantitative estimate of drug-likeness (QED) is 0.158. The van der Waals surface area contributed by atoms with E-state index in [-0.39, 0.29) is 0 Å². The first-order valence-electron chi connectivity index (χ1n) is 22.1. The third-order valence-electron chi connectivity index (χ3n) is 12.4. The van der Waals surface area contributed by atoms with Crippen LogP contribution in [0.4, 0.5) is 0 Å². The van der Waals surface area contributed by atoms with Gasteiger partial charge in [-0.2, -0.15) is 0 Å². The zero-order valence-electron chi connectivity index (χ0n) is 36.2. The topological polar surface area (TPSA) is 86.6 Å². The number of fused-ring (bicyclic) bond motifs is 5. The molecule has 3 heterocycles. The van der Waals surface area contributed by atoms with E-state index in [4.69, 9.17) is 34.6 Å². The second-order valence-electron chi connectivity index (χ2n) is 17.1. The molecule has 66 heavy (non-hydrogen) atoms. The summed E-state index contributed by atoms with van der Waals surface area (Å²) in [5, 5.41) is 4.51. The molecule has 0 saturated carbocycles. The summed E-state index contributed by atoms with van der Waals surface area (Å²) >= 11 is 0. The highest BCUT2D eigenvalue weighted by atomic mass is 16.5. The molecule has 0 atom stereocenters. The van der Waals surface area contributed by atoms with Crippen LogP contribution >= 0.6 is 0 Å². The van der Waals surface area contributed by atoms with Gasteiger partial charge in [0.25, 0.3) is 0 Å². The Morgan fingerprint density at radius 2 is 0.712 bits per heavy atom. The first-order chi connectivity index (χ1) is 32.4. The molecule has 0 aliphatic carbocycles. The van der Waals surface area contributed by atoms with Crippen LogP contribution in [0.3, 0.4) is 0 Å². The summed E-state index contributed by atoms with van der Waals surface area (Å²) < 4.78 is 6.80. The monoisotopic (exact) mass is 848 g/mol. The van der Waals surface area contributed by atoms with Crippen molar-refractivity contribution in [2.45, 2.75) is 19.4 Å². The predicted octanol–water partition coefficient (Wildman–Crippen LogP) is 14.3. The van der Waals surface area contributed by atoms with Crippen LogP contribution in [0.5, 0.6) is 5.75 Å². The van der Waals surface area contributed by atoms with Gasteiger partial charge < -0.3 is 4.74 Å². The van der Waals surface area contributed by atoms with Crippen molar-refractivity contribution in [3.63, 3.8) is 0 Å². The van der Waals surface area contributed by atoms with E-state index in [1.807, 2.05) is 60.7 Å². The predicted molar refractivity (Wildman–Crippen MR) is 265 cm³/mol. The molecule has 11 aromatic rings. The lowest BCUT2D eigenvalue weighted by Crippen LogP contribution is -2.29. The van der Waals surface area contributed by atoms with E-state index in [0.717, 1.165) is 82.9 Å². The number of ether oxygens (including phenoxy) is 1. The van der Waals surface area contributed by atoms with Crippen LogP contribution in [-0.2, 0) is 5.60 Å². The molecule has 0 amide bonds. The van der Waals surface area contributed by atoms with E-state index in [9.17, 15) is 0 Å². The summed E-state index contributed by atoms with van der Waals surface area (Å²) in [6, 6.07) is 70.7. The lowest BCUT2D eigenvalue weighted by Gasteiger charge is -2.35. The molecular formula is C59H40N6O. The number of benzene rings is 9. The van der Waals surface area contributed by atoms with Crippen LogP contribution < -0.4 is 4.74 Å². The Morgan fingerprint density at radius 3 is 1.29 bits per heavy atom. The molecule has 0 radical (unpaired) electrons. The molecule has 0 saturated heterocycles. The minimum atomic E-state index is -0.525. The maximum absolute atomic E-state index is 6.80. The molecule has 0 spiro atoms. The lowest BCUT2D eigenvalue weighted by atomic mass is 9.85. The van der Waals surface area contributed by atoms with Crippen molar-refractivity contribution in [1.82, 2.24) is 29.9 Å². The molecule has 0 fully saturated rings. The molecule has 7 heteroatoms. The van der Waals surface area contributed by atoms with Crippen LogP contribution in [0.1, 0.15) is 19.4 Å². The minimum absolute atomic E-state index is 0.516. The van der Waals surface area contributed by atoms with Crippen LogP contribution in [-0.4, -0.2) is 29.9 Å². The number of aromatic nitrogens is 6. The van der Waals surface area contributed by atoms with Gasteiger partial charge in [-0.25, -0.2) is 29.9 Å². The van der Waals surface area contributed by atoms with Gasteiger partial charge >= 0.3 is 0 Å². The van der Waals surface area contributed by atoms with Gasteiger partial charge in [-0.05, 0) is 76.3 Å². The third kappa shape index (κ3) is 7.13. The maximum atomic E-state index is 6.80. The zero-order chi connectivity index (χ0) is 44.2. The molecule has 1 aliphatic rings. The molecule has 1 aliphatic heterocycles. The first kappa shape index (κ1) is 39.0. The summed E-state index contributed by atoms with van der Waals surface area (Å²) in [4.78, 5) is 31.1. The standard InChI is InChI=1S/C59H40N6O/c1-59(2)51-24-14-13-23-48(51)49-32-29-43(36-52(49)66-59)47-31-30-46(35-50(47)58-64-53(39-17-5-3-6-18-39)60-54(65-58)40-19-7-4-8-20-40)57-62-55(44-27-25-37-15-9-11-21-41(37)33-44)61-56(63-57)45-28-26-38-16-10-12-22-42(38)34-45/h3-36H,1-2H3. The Kier molecular flexibility index (Phi) is 9.35. The van der Waals surface area contributed by atoms with Crippen molar-refractivity contribution in [1.29, 1.82) is 0 Å². The molecule has 2 aromatic heterocycles. The average Bonchev–Trinajstić information content (AvgIpc) is 3.38. The summed E-state index contributed by atoms with van der Waals surface area (Å²) in [7, 11) is 0. The summed E-state index contributed by atoms with van der Waals surface area (Å²) in [6.07, 6.45) is 0. The Bertz CT molecular complexity index is 3510. The SMILES string of the molecule is CC1(C)Oc2cc(-c3ccc(-c4nc(-c5ccc6ccccc6c5)nc(-c5ccc6ccccc6c5)n4)cc3-c3nc(-c4ccccc4)nc(-c4ccccc4)n3)ccc2-c2ccccc21. The van der Waals surface area contributed by atoms with E-state index >= 15 is 0 Å². The largest absolute Gasteiger partial charge is 0.482 e. The van der Waals surface area contributed by atoms with E-state index < -0.39 is 5.60 Å². The second-order valence-corrected chi connectivity index (χ2v) is 17.1. The summed E-state index contributed by atoms with van der Waals surface area (Å²) in [5.41, 5.74) is 9.87. The minimum Gasteiger partial charge on any atom is -0.482 e. The van der Waals surface area contributed by atoms with Crippen molar-refractivity contribution >= 4 is 21.5 Å². The molecule has 0 unspecified atom stereocenters. The van der Waals surface area contributed by atoms with E-state index in [0.29, 0.717) is 34.9 Å². The number of rotatable bonds is 7. The summed E-state index contributed by atoms with van der Waals surface area (Å²) in [5.74, 6) is 4.15. The van der Waals surface area contributed by atoms with E-state index in [2.05, 4.69) is 159 Å². The Labute approximate surface area is 382 Å². The molecule has 312 valence electrons. The van der Waals surface area contributed by atoms with Crippen molar-refractivity contribution in [2.75, 3.05) is 0 Å². The van der Waals surface area contributed by atoms with Gasteiger partial charge in [0.05, 0.1) is 0 Å². The first-order valence-corrected chi connectivity index (χ1v) is 22.1. The van der Waals surface area contributed by atoms with E-state index in [1.165, 1.54) is 5.56 Å². The third-order valence-corrected chi connectivity index (χ3v) is 12.4. The van der Waals surface area contributed by atoms with Crippen LogP contribution in [0.15, 0.2) is 206 Å². The zero-order valence-corrected chi connectivity index (χ0v) is 36.2. The highest BCUT2D eigenvalue weighted by molar-refractivity contribution is 5.90. The molecule has 9 aromatic carbocycles. The van der Waals surface area contributed by atoms with Crippen LogP contribution in [0, 0.1) is 0 Å². The number of hydrogen-bond donors (Lipinski definition) is 0. The fraction of sp³-hybridized carbons (Fsp3) is 0.0508. The average molecular weight is 849 g/mol. The highest BCUT2D eigenvalue weighted by Gasteiger charge is 2.32. The fourth-order valence-electron chi connectivity index (χ4n) is 9.04. The van der Waals surface area contributed by atoms with Gasteiger partial charge in [-0.15, -0.1) is 0 Å². The Balaban J connectivity index is 1.09. The normalized spacial score (nSPS) is 12.6. The second kappa shape index (κ2) is 15.8. The lowest BCUT2D eigenvalue weighted by molar-refractivity contribution is 0.106. The highest BCUT2D eigenvalue weighted by Crippen LogP contribution is 2.47. The van der Waals surface area contributed by atoms with Crippen molar-refractivity contribution in [3.8, 4) is 96.3 Å². The van der Waals surface area contributed by atoms with E-state index in [1.54, 1.807) is 0 Å². The van der Waals surface area contributed by atoms with Crippen LogP contribution in [0.2, 0.25) is 0 Å². The molecular weight excluding hydrogens is 809 g/mol. The maximum Gasteiger partial charge on any atom is 0.164 e. The fourth-order valence-corrected chi connectivity index (χ4v) is 9.04. The van der Waals surface area contributed by atoms with Crippen molar-refractivity contribution in [3.05, 3.63) is 212 Å². The summed E-state index contributed by atoms with van der Waals surface area (Å²) in [6.45, 7) is 4.24. The van der Waals surface area contributed by atoms with Crippen molar-refractivity contribution in [2.24, 2.45) is 0 Å². The number of hydrogen-bond acceptors (Lipinski definition) is 7. The van der Waals surface area contributed by atoms with Crippen LogP contribution in [0.25, 0.3) is 112 Å². The van der Waals surface area contributed by atoms with Gasteiger partial charge in [-0.1, -0.05) is 182 Å². The molecule has 0 bridgehead atoms. The number of nitrogens with zero attached hydrogens (tertiary/aromatic N) is 6. The molecule has 7 nitrogen and oxygen atoms in total. The van der Waals surface area contributed by atoms with Crippen molar-refractivity contribution < 1.29 is 4.74 Å². The Hall–Kier alpha value is -8.68. The smallest absolute Gasteiger partial charge is 0.164 e. The Morgan fingerprint density at radius 1 is 0.288 bits per heavy atom. The van der Waals surface area contributed by atoms with Gasteiger partial charge in [-0.3, -0.25) is 0 Å². The molecule has 12 rings (SSSR count). The van der Waals surface area contributed by atoms with Gasteiger partial charge in [0.1, 0.15) is 11.4 Å². The van der Waals surface area contributed by atoms with Gasteiger partial charge in [0, 0.05) is 44.5 Å². The van der Waals surface area contributed by atoms with Gasteiger partial charge in [0.2, 0.25) is 0 Å². The molecule has 0 N–H and O–H groups in total.